The van der Waals surface area contributed by atoms with Crippen molar-refractivity contribution in [3.8, 4) is 5.69 Å². The third-order valence-electron chi connectivity index (χ3n) is 4.47. The number of carbonyl (C=O) groups is 2. The van der Waals surface area contributed by atoms with Crippen molar-refractivity contribution in [3.05, 3.63) is 75.5 Å². The van der Waals surface area contributed by atoms with Gasteiger partial charge in [0.25, 0.3) is 11.8 Å². The van der Waals surface area contributed by atoms with E-state index < -0.39 is 0 Å². The van der Waals surface area contributed by atoms with E-state index in [-0.39, 0.29) is 17.9 Å². The molecule has 150 valence electrons. The highest BCUT2D eigenvalue weighted by Gasteiger charge is 2.16. The first-order valence-electron chi connectivity index (χ1n) is 9.29. The number of hydrogen-bond acceptors (Lipinski definition) is 3. The van der Waals surface area contributed by atoms with Gasteiger partial charge in [0.2, 0.25) is 0 Å². The van der Waals surface area contributed by atoms with Crippen molar-refractivity contribution in [1.82, 2.24) is 15.1 Å². The number of amides is 2. The second kappa shape index (κ2) is 8.61. The summed E-state index contributed by atoms with van der Waals surface area (Å²) in [5.41, 5.74) is 4.13. The zero-order valence-electron chi connectivity index (χ0n) is 16.8. The third kappa shape index (κ3) is 4.74. The minimum absolute atomic E-state index is 0.0616. The number of aryl methyl sites for hydroxylation is 1. The van der Waals surface area contributed by atoms with Gasteiger partial charge in [0.1, 0.15) is 0 Å². The van der Waals surface area contributed by atoms with Gasteiger partial charge in [-0.3, -0.25) is 9.59 Å². The number of rotatable bonds is 5. The van der Waals surface area contributed by atoms with Gasteiger partial charge >= 0.3 is 0 Å². The second-order valence-electron chi connectivity index (χ2n) is 7.14. The van der Waals surface area contributed by atoms with Crippen LogP contribution in [0.3, 0.4) is 0 Å². The Bertz CT molecular complexity index is 1060. The van der Waals surface area contributed by atoms with E-state index in [4.69, 9.17) is 0 Å². The van der Waals surface area contributed by atoms with E-state index >= 15 is 0 Å². The lowest BCUT2D eigenvalue weighted by Crippen LogP contribution is -2.30. The fourth-order valence-electron chi connectivity index (χ4n) is 3.01. The van der Waals surface area contributed by atoms with E-state index in [1.165, 1.54) is 0 Å². The molecule has 0 aliphatic carbocycles. The van der Waals surface area contributed by atoms with Crippen LogP contribution in [0, 0.1) is 13.8 Å². The summed E-state index contributed by atoms with van der Waals surface area (Å²) >= 11 is 3.41. The lowest BCUT2D eigenvalue weighted by atomic mass is 10.1. The number of aromatic nitrogens is 2. The largest absolute Gasteiger partial charge is 0.350 e. The molecule has 0 saturated heterocycles. The summed E-state index contributed by atoms with van der Waals surface area (Å²) in [7, 11) is 0. The Morgan fingerprint density at radius 1 is 1.00 bits per heavy atom. The maximum Gasteiger partial charge on any atom is 0.259 e. The molecule has 6 nitrogen and oxygen atoms in total. The molecule has 2 aromatic carbocycles. The molecule has 0 radical (unpaired) electrons. The molecule has 2 N–H and O–H groups in total. The maximum atomic E-state index is 12.8. The Kier molecular flexibility index (Phi) is 6.17. The van der Waals surface area contributed by atoms with Crippen LogP contribution in [0.5, 0.6) is 0 Å². The summed E-state index contributed by atoms with van der Waals surface area (Å²) in [6, 6.07) is 13.0. The molecular formula is C22H23BrN4O2. The van der Waals surface area contributed by atoms with E-state index in [2.05, 4.69) is 31.7 Å². The Hall–Kier alpha value is -2.93. The lowest BCUT2D eigenvalue weighted by Gasteiger charge is -2.12. The average Bonchev–Trinajstić information content (AvgIpc) is 3.03. The monoisotopic (exact) mass is 454 g/mol. The summed E-state index contributed by atoms with van der Waals surface area (Å²) in [6.07, 6.45) is 1.56. The first-order chi connectivity index (χ1) is 13.8. The first-order valence-corrected chi connectivity index (χ1v) is 10.1. The molecule has 0 aliphatic heterocycles. The number of halogens is 1. The molecule has 0 fully saturated rings. The molecule has 0 spiro atoms. The van der Waals surface area contributed by atoms with Gasteiger partial charge in [-0.2, -0.15) is 5.10 Å². The Balaban J connectivity index is 1.78. The smallest absolute Gasteiger partial charge is 0.259 e. The highest BCUT2D eigenvalue weighted by molar-refractivity contribution is 9.10. The topological polar surface area (TPSA) is 76.0 Å². The standard InChI is InChI=1S/C22H23BrN4O2/c1-13(2)25-21(28)19-10-7-17(11-14(19)3)26-22(29)20-12-24-27(15(20)4)18-8-5-16(23)6-9-18/h5-13H,1-4H3,(H,25,28)(H,26,29). The maximum absolute atomic E-state index is 12.8. The highest BCUT2D eigenvalue weighted by atomic mass is 79.9. The van der Waals surface area contributed by atoms with Crippen LogP contribution < -0.4 is 10.6 Å². The molecule has 0 saturated carbocycles. The van der Waals surface area contributed by atoms with E-state index in [1.807, 2.05) is 52.0 Å². The molecule has 1 aromatic heterocycles. The van der Waals surface area contributed by atoms with Gasteiger partial charge in [-0.15, -0.1) is 0 Å². The van der Waals surface area contributed by atoms with Gasteiger partial charge in [0, 0.05) is 21.8 Å². The van der Waals surface area contributed by atoms with E-state index in [0.29, 0.717) is 16.8 Å². The molecule has 3 rings (SSSR count). The highest BCUT2D eigenvalue weighted by Crippen LogP contribution is 2.20. The van der Waals surface area contributed by atoms with Gasteiger partial charge in [0.15, 0.2) is 0 Å². The normalized spacial score (nSPS) is 10.8. The molecular weight excluding hydrogens is 432 g/mol. The molecule has 0 unspecified atom stereocenters. The van der Waals surface area contributed by atoms with Crippen LogP contribution in [0.4, 0.5) is 5.69 Å². The summed E-state index contributed by atoms with van der Waals surface area (Å²) < 4.78 is 2.70. The van der Waals surface area contributed by atoms with Crippen molar-refractivity contribution in [2.24, 2.45) is 0 Å². The Labute approximate surface area is 178 Å². The molecule has 1 heterocycles. The van der Waals surface area contributed by atoms with Crippen LogP contribution in [0.25, 0.3) is 5.69 Å². The molecule has 2 amide bonds. The van der Waals surface area contributed by atoms with Crippen molar-refractivity contribution in [2.45, 2.75) is 33.7 Å². The molecule has 0 bridgehead atoms. The second-order valence-corrected chi connectivity index (χ2v) is 8.06. The average molecular weight is 455 g/mol. The summed E-state index contributed by atoms with van der Waals surface area (Å²) in [5, 5.41) is 10.1. The summed E-state index contributed by atoms with van der Waals surface area (Å²) in [4.78, 5) is 25.0. The van der Waals surface area contributed by atoms with Crippen LogP contribution >= 0.6 is 15.9 Å². The summed E-state index contributed by atoms with van der Waals surface area (Å²) in [5.74, 6) is -0.369. The number of benzene rings is 2. The van der Waals surface area contributed by atoms with Crippen LogP contribution in [0.1, 0.15) is 45.8 Å². The number of nitrogens with one attached hydrogen (secondary N) is 2. The van der Waals surface area contributed by atoms with Crippen molar-refractivity contribution < 1.29 is 9.59 Å². The summed E-state index contributed by atoms with van der Waals surface area (Å²) in [6.45, 7) is 7.54. The van der Waals surface area contributed by atoms with Crippen molar-refractivity contribution in [1.29, 1.82) is 0 Å². The van der Waals surface area contributed by atoms with Crippen LogP contribution in [0.15, 0.2) is 53.1 Å². The minimum Gasteiger partial charge on any atom is -0.350 e. The molecule has 3 aromatic rings. The van der Waals surface area contributed by atoms with Crippen molar-refractivity contribution in [3.63, 3.8) is 0 Å². The minimum atomic E-state index is -0.246. The van der Waals surface area contributed by atoms with Gasteiger partial charge in [-0.05, 0) is 75.7 Å². The van der Waals surface area contributed by atoms with Crippen LogP contribution in [-0.2, 0) is 0 Å². The number of carbonyl (C=O) groups excluding carboxylic acids is 2. The predicted octanol–water partition coefficient (Wildman–Crippen LogP) is 4.64. The Morgan fingerprint density at radius 2 is 1.69 bits per heavy atom. The van der Waals surface area contributed by atoms with E-state index in [1.54, 1.807) is 29.1 Å². The zero-order chi connectivity index (χ0) is 21.1. The molecule has 0 aliphatic rings. The SMILES string of the molecule is Cc1cc(NC(=O)c2cnn(-c3ccc(Br)cc3)c2C)ccc1C(=O)NC(C)C. The van der Waals surface area contributed by atoms with Gasteiger partial charge in [-0.1, -0.05) is 15.9 Å². The van der Waals surface area contributed by atoms with E-state index in [9.17, 15) is 9.59 Å². The van der Waals surface area contributed by atoms with Gasteiger partial charge < -0.3 is 10.6 Å². The lowest BCUT2D eigenvalue weighted by molar-refractivity contribution is 0.0942. The fraction of sp³-hybridized carbons (Fsp3) is 0.227. The number of hydrogen-bond donors (Lipinski definition) is 2. The van der Waals surface area contributed by atoms with Gasteiger partial charge in [0.05, 0.1) is 23.1 Å². The number of nitrogens with zero attached hydrogens (tertiary/aromatic N) is 2. The zero-order valence-corrected chi connectivity index (χ0v) is 18.4. The predicted molar refractivity (Wildman–Crippen MR) is 118 cm³/mol. The Morgan fingerprint density at radius 3 is 2.31 bits per heavy atom. The van der Waals surface area contributed by atoms with Crippen LogP contribution in [0.2, 0.25) is 0 Å². The fourth-order valence-corrected chi connectivity index (χ4v) is 3.27. The van der Waals surface area contributed by atoms with Crippen molar-refractivity contribution in [2.75, 3.05) is 5.32 Å². The van der Waals surface area contributed by atoms with E-state index in [0.717, 1.165) is 21.4 Å². The number of anilines is 1. The van der Waals surface area contributed by atoms with Crippen molar-refractivity contribution >= 4 is 33.4 Å². The third-order valence-corrected chi connectivity index (χ3v) is 5.00. The quantitative estimate of drug-likeness (QED) is 0.589. The first kappa shape index (κ1) is 20.8. The van der Waals surface area contributed by atoms with Crippen LogP contribution in [-0.4, -0.2) is 27.6 Å². The molecule has 7 heteroatoms. The molecule has 29 heavy (non-hydrogen) atoms. The molecule has 0 atom stereocenters. The van der Waals surface area contributed by atoms with Gasteiger partial charge in [-0.25, -0.2) is 4.68 Å².